The molecule has 0 unspecified atom stereocenters. The van der Waals surface area contributed by atoms with Gasteiger partial charge in [0.1, 0.15) is 0 Å². The highest BCUT2D eigenvalue weighted by molar-refractivity contribution is 6.02. The molecule has 0 aliphatic rings. The molecule has 0 heterocycles. The van der Waals surface area contributed by atoms with Gasteiger partial charge in [0.2, 0.25) is 0 Å². The standard InChI is InChI=1S/C10H16O5/c1-5-6-10(7(11)12,8(13)14)15-9(2,3)4/h5H,1,6H2,2-4H3,(H,11,12)(H,13,14). The average Bonchev–Trinajstić information content (AvgIpc) is 1.99. The first-order chi connectivity index (χ1) is 6.65. The van der Waals surface area contributed by atoms with Crippen molar-refractivity contribution in [2.24, 2.45) is 0 Å². The van der Waals surface area contributed by atoms with Crippen molar-refractivity contribution in [3.63, 3.8) is 0 Å². The Morgan fingerprint density at radius 1 is 1.27 bits per heavy atom. The van der Waals surface area contributed by atoms with Gasteiger partial charge in [0, 0.05) is 6.42 Å². The highest BCUT2D eigenvalue weighted by Crippen LogP contribution is 2.25. The molecule has 0 fully saturated rings. The lowest BCUT2D eigenvalue weighted by molar-refractivity contribution is -0.199. The van der Waals surface area contributed by atoms with Crippen LogP contribution in [0, 0.1) is 0 Å². The van der Waals surface area contributed by atoms with Crippen LogP contribution in [0.5, 0.6) is 0 Å². The summed E-state index contributed by atoms with van der Waals surface area (Å²) in [5.41, 5.74) is -3.11. The van der Waals surface area contributed by atoms with Crippen molar-refractivity contribution in [1.29, 1.82) is 0 Å². The van der Waals surface area contributed by atoms with E-state index in [4.69, 9.17) is 14.9 Å². The highest BCUT2D eigenvalue weighted by Gasteiger charge is 2.49. The Bertz CT molecular complexity index is 260. The Hall–Kier alpha value is -1.36. The molecule has 0 aromatic carbocycles. The van der Waals surface area contributed by atoms with Gasteiger partial charge in [-0.1, -0.05) is 6.08 Å². The van der Waals surface area contributed by atoms with Crippen LogP contribution in [0.1, 0.15) is 27.2 Å². The summed E-state index contributed by atoms with van der Waals surface area (Å²) in [4.78, 5) is 22.0. The van der Waals surface area contributed by atoms with Crippen LogP contribution in [0.4, 0.5) is 0 Å². The molecular formula is C10H16O5. The minimum atomic E-state index is -2.25. The zero-order valence-corrected chi connectivity index (χ0v) is 9.11. The lowest BCUT2D eigenvalue weighted by Crippen LogP contribution is -2.52. The van der Waals surface area contributed by atoms with Gasteiger partial charge in [0.25, 0.3) is 5.60 Å². The van der Waals surface area contributed by atoms with Crippen LogP contribution in [0.3, 0.4) is 0 Å². The summed E-state index contributed by atoms with van der Waals surface area (Å²) < 4.78 is 5.12. The summed E-state index contributed by atoms with van der Waals surface area (Å²) in [6.07, 6.45) is 0.933. The number of rotatable bonds is 5. The van der Waals surface area contributed by atoms with Gasteiger partial charge in [-0.15, -0.1) is 6.58 Å². The number of ether oxygens (including phenoxy) is 1. The van der Waals surface area contributed by atoms with E-state index in [1.165, 1.54) is 6.08 Å². The fraction of sp³-hybridized carbons (Fsp3) is 0.600. The van der Waals surface area contributed by atoms with E-state index in [1.54, 1.807) is 20.8 Å². The van der Waals surface area contributed by atoms with Crippen LogP contribution in [0.15, 0.2) is 12.7 Å². The fourth-order valence-electron chi connectivity index (χ4n) is 1.12. The molecule has 0 aromatic rings. The third-order valence-corrected chi connectivity index (χ3v) is 1.60. The van der Waals surface area contributed by atoms with Crippen molar-refractivity contribution in [2.45, 2.75) is 38.4 Å². The van der Waals surface area contributed by atoms with E-state index < -0.39 is 23.1 Å². The van der Waals surface area contributed by atoms with Crippen molar-refractivity contribution < 1.29 is 24.5 Å². The van der Waals surface area contributed by atoms with E-state index in [1.807, 2.05) is 0 Å². The first-order valence-corrected chi connectivity index (χ1v) is 4.43. The molecule has 0 saturated carbocycles. The lowest BCUT2D eigenvalue weighted by atomic mass is 9.98. The Balaban J connectivity index is 5.23. The fourth-order valence-corrected chi connectivity index (χ4v) is 1.12. The first-order valence-electron chi connectivity index (χ1n) is 4.43. The molecule has 0 saturated heterocycles. The lowest BCUT2D eigenvalue weighted by Gasteiger charge is -2.32. The Morgan fingerprint density at radius 3 is 1.87 bits per heavy atom. The smallest absolute Gasteiger partial charge is 0.348 e. The van der Waals surface area contributed by atoms with E-state index in [2.05, 4.69) is 6.58 Å². The number of carbonyl (C=O) groups is 2. The molecule has 5 heteroatoms. The van der Waals surface area contributed by atoms with Crippen molar-refractivity contribution in [1.82, 2.24) is 0 Å². The first kappa shape index (κ1) is 13.6. The van der Waals surface area contributed by atoms with E-state index in [0.717, 1.165) is 0 Å². The second-order valence-corrected chi connectivity index (χ2v) is 4.14. The van der Waals surface area contributed by atoms with Gasteiger partial charge in [0.15, 0.2) is 0 Å². The van der Waals surface area contributed by atoms with Crippen molar-refractivity contribution in [3.05, 3.63) is 12.7 Å². The van der Waals surface area contributed by atoms with Crippen LogP contribution < -0.4 is 0 Å². The van der Waals surface area contributed by atoms with Gasteiger partial charge in [-0.3, -0.25) is 0 Å². The summed E-state index contributed by atoms with van der Waals surface area (Å²) in [5.74, 6) is -3.05. The van der Waals surface area contributed by atoms with Gasteiger partial charge in [-0.05, 0) is 20.8 Å². The summed E-state index contributed by atoms with van der Waals surface area (Å²) in [6, 6.07) is 0. The van der Waals surface area contributed by atoms with E-state index in [9.17, 15) is 9.59 Å². The minimum absolute atomic E-state index is 0.283. The van der Waals surface area contributed by atoms with Crippen LogP contribution in [-0.4, -0.2) is 33.4 Å². The molecule has 0 aromatic heterocycles. The molecule has 86 valence electrons. The molecule has 0 spiro atoms. The second kappa shape index (κ2) is 4.44. The number of hydrogen-bond acceptors (Lipinski definition) is 3. The Morgan fingerprint density at radius 2 is 1.67 bits per heavy atom. The molecule has 0 aliphatic heterocycles. The zero-order valence-electron chi connectivity index (χ0n) is 9.11. The summed E-state index contributed by atoms with van der Waals surface area (Å²) >= 11 is 0. The molecule has 5 nitrogen and oxygen atoms in total. The zero-order chi connectivity index (χ0) is 12.3. The number of carboxylic acids is 2. The van der Waals surface area contributed by atoms with E-state index in [-0.39, 0.29) is 6.42 Å². The molecule has 0 aliphatic carbocycles. The third kappa shape index (κ3) is 3.36. The largest absolute Gasteiger partial charge is 0.479 e. The molecule has 0 atom stereocenters. The SMILES string of the molecule is C=CCC(OC(C)(C)C)(C(=O)O)C(=O)O. The minimum Gasteiger partial charge on any atom is -0.479 e. The normalized spacial score (nSPS) is 12.2. The topological polar surface area (TPSA) is 83.8 Å². The second-order valence-electron chi connectivity index (χ2n) is 4.14. The van der Waals surface area contributed by atoms with Gasteiger partial charge in [-0.2, -0.15) is 0 Å². The van der Waals surface area contributed by atoms with Crippen molar-refractivity contribution in [3.8, 4) is 0 Å². The van der Waals surface area contributed by atoms with Gasteiger partial charge < -0.3 is 14.9 Å². The molecule has 0 rings (SSSR count). The Kier molecular flexibility index (Phi) is 4.04. The molecule has 0 radical (unpaired) electrons. The number of carboxylic acid groups (broad SMARTS) is 2. The quantitative estimate of drug-likeness (QED) is 0.534. The Labute approximate surface area is 88.4 Å². The molecule has 0 bridgehead atoms. The van der Waals surface area contributed by atoms with Gasteiger partial charge in [0.05, 0.1) is 5.60 Å². The predicted octanol–water partition coefficient (Wildman–Crippen LogP) is 1.29. The maximum absolute atomic E-state index is 11.0. The monoisotopic (exact) mass is 216 g/mol. The summed E-state index contributed by atoms with van der Waals surface area (Å²) in [7, 11) is 0. The maximum Gasteiger partial charge on any atom is 0.348 e. The molecule has 2 N–H and O–H groups in total. The average molecular weight is 216 g/mol. The van der Waals surface area contributed by atoms with Gasteiger partial charge >= 0.3 is 11.9 Å². The molecule has 0 amide bonds. The van der Waals surface area contributed by atoms with Crippen LogP contribution >= 0.6 is 0 Å². The van der Waals surface area contributed by atoms with Gasteiger partial charge in [-0.25, -0.2) is 9.59 Å². The van der Waals surface area contributed by atoms with E-state index in [0.29, 0.717) is 0 Å². The number of aliphatic carboxylic acids is 2. The summed E-state index contributed by atoms with van der Waals surface area (Å²) in [5, 5.41) is 17.9. The van der Waals surface area contributed by atoms with Crippen molar-refractivity contribution in [2.75, 3.05) is 0 Å². The molecular weight excluding hydrogens is 200 g/mol. The maximum atomic E-state index is 11.0. The van der Waals surface area contributed by atoms with Crippen LogP contribution in [-0.2, 0) is 14.3 Å². The number of hydrogen-bond donors (Lipinski definition) is 2. The third-order valence-electron chi connectivity index (χ3n) is 1.60. The van der Waals surface area contributed by atoms with E-state index >= 15 is 0 Å². The predicted molar refractivity (Wildman–Crippen MR) is 53.7 cm³/mol. The summed E-state index contributed by atoms with van der Waals surface area (Å²) in [6.45, 7) is 8.12. The van der Waals surface area contributed by atoms with Crippen LogP contribution in [0.25, 0.3) is 0 Å². The highest BCUT2D eigenvalue weighted by atomic mass is 16.6. The molecule has 15 heavy (non-hydrogen) atoms. The van der Waals surface area contributed by atoms with Crippen LogP contribution in [0.2, 0.25) is 0 Å². The van der Waals surface area contributed by atoms with Crippen molar-refractivity contribution >= 4 is 11.9 Å².